The fourth-order valence-electron chi connectivity index (χ4n) is 4.02. The molecule has 0 bridgehead atoms. The van der Waals surface area contributed by atoms with Crippen LogP contribution in [0, 0.1) is 5.92 Å². The number of aliphatic hydroxyl groups excluding tert-OH is 1. The Morgan fingerprint density at radius 2 is 1.90 bits per heavy atom. The molecule has 0 saturated heterocycles. The average Bonchev–Trinajstić information content (AvgIpc) is 3.19. The molecule has 7 nitrogen and oxygen atoms in total. The van der Waals surface area contributed by atoms with E-state index < -0.39 is 0 Å². The Balaban J connectivity index is 1.52. The second-order valence-electron chi connectivity index (χ2n) is 7.98. The van der Waals surface area contributed by atoms with E-state index in [1.807, 2.05) is 42.5 Å². The largest absolute Gasteiger partial charge is 0.481 e. The van der Waals surface area contributed by atoms with E-state index in [0.717, 1.165) is 35.9 Å². The van der Waals surface area contributed by atoms with Gasteiger partial charge in [0.1, 0.15) is 22.5 Å². The van der Waals surface area contributed by atoms with Crippen molar-refractivity contribution in [1.29, 1.82) is 0 Å². The summed E-state index contributed by atoms with van der Waals surface area (Å²) in [5, 5.41) is 21.5. The number of benzene rings is 2. The van der Waals surface area contributed by atoms with Gasteiger partial charge in [-0.3, -0.25) is 4.79 Å². The molecule has 1 heterocycles. The number of nitrogens with one attached hydrogen (secondary N) is 1. The molecule has 1 aliphatic carbocycles. The zero-order chi connectivity index (χ0) is 20.9. The normalized spacial score (nSPS) is 19.0. The highest BCUT2D eigenvalue weighted by Gasteiger charge is 2.23. The number of aliphatic hydroxyl groups is 1. The SMILES string of the molecule is C[C@H]1CCCC[C@H]1NC(=O)COc1ccc(CCO)cc1-n1nc2ccccc2n1. The summed E-state index contributed by atoms with van der Waals surface area (Å²) in [5.41, 5.74) is 3.15. The van der Waals surface area contributed by atoms with Crippen LogP contribution >= 0.6 is 0 Å². The molecule has 2 atom stereocenters. The van der Waals surface area contributed by atoms with Crippen LogP contribution in [0.25, 0.3) is 16.7 Å². The highest BCUT2D eigenvalue weighted by atomic mass is 16.5. The lowest BCUT2D eigenvalue weighted by Crippen LogP contribution is -2.43. The summed E-state index contributed by atoms with van der Waals surface area (Å²) in [5.74, 6) is 0.915. The first-order chi connectivity index (χ1) is 14.6. The number of carbonyl (C=O) groups is 1. The van der Waals surface area contributed by atoms with E-state index in [9.17, 15) is 9.90 Å². The first-order valence-electron chi connectivity index (χ1n) is 10.6. The fourth-order valence-corrected chi connectivity index (χ4v) is 4.02. The van der Waals surface area contributed by atoms with Gasteiger partial charge in [0.2, 0.25) is 0 Å². The molecule has 0 radical (unpaired) electrons. The van der Waals surface area contributed by atoms with Crippen molar-refractivity contribution in [3.05, 3.63) is 48.0 Å². The number of amides is 1. The van der Waals surface area contributed by atoms with Gasteiger partial charge in [-0.15, -0.1) is 15.0 Å². The minimum atomic E-state index is -0.113. The molecular formula is C23H28N4O3. The maximum atomic E-state index is 12.5. The number of nitrogens with zero attached hydrogens (tertiary/aromatic N) is 3. The first kappa shape index (κ1) is 20.3. The molecular weight excluding hydrogens is 380 g/mol. The van der Waals surface area contributed by atoms with Crippen molar-refractivity contribution in [2.75, 3.05) is 13.2 Å². The van der Waals surface area contributed by atoms with Gasteiger partial charge in [0.05, 0.1) is 0 Å². The van der Waals surface area contributed by atoms with E-state index in [-0.39, 0.29) is 25.2 Å². The quantitative estimate of drug-likeness (QED) is 0.627. The second kappa shape index (κ2) is 9.26. The lowest BCUT2D eigenvalue weighted by atomic mass is 9.86. The van der Waals surface area contributed by atoms with Crippen LogP contribution in [-0.4, -0.2) is 45.3 Å². The summed E-state index contributed by atoms with van der Waals surface area (Å²) < 4.78 is 5.88. The van der Waals surface area contributed by atoms with Crippen molar-refractivity contribution in [2.45, 2.75) is 45.1 Å². The van der Waals surface area contributed by atoms with Gasteiger partial charge in [-0.25, -0.2) is 0 Å². The van der Waals surface area contributed by atoms with Crippen molar-refractivity contribution in [3.8, 4) is 11.4 Å². The molecule has 1 aromatic heterocycles. The zero-order valence-electron chi connectivity index (χ0n) is 17.3. The predicted octanol–water partition coefficient (Wildman–Crippen LogP) is 3.03. The van der Waals surface area contributed by atoms with Gasteiger partial charge in [0.15, 0.2) is 6.61 Å². The number of hydrogen-bond donors (Lipinski definition) is 2. The third kappa shape index (κ3) is 4.62. The van der Waals surface area contributed by atoms with Gasteiger partial charge in [-0.2, -0.15) is 0 Å². The molecule has 2 N–H and O–H groups in total. The van der Waals surface area contributed by atoms with Crippen molar-refractivity contribution in [2.24, 2.45) is 5.92 Å². The van der Waals surface area contributed by atoms with Crippen molar-refractivity contribution >= 4 is 16.9 Å². The van der Waals surface area contributed by atoms with Crippen molar-refractivity contribution in [1.82, 2.24) is 20.3 Å². The molecule has 1 fully saturated rings. The predicted molar refractivity (Wildman–Crippen MR) is 115 cm³/mol. The summed E-state index contributed by atoms with van der Waals surface area (Å²) in [6.45, 7) is 2.18. The van der Waals surface area contributed by atoms with Gasteiger partial charge < -0.3 is 15.2 Å². The number of fused-ring (bicyclic) bond motifs is 1. The highest BCUT2D eigenvalue weighted by molar-refractivity contribution is 5.78. The average molecular weight is 409 g/mol. The number of hydrogen-bond acceptors (Lipinski definition) is 5. The first-order valence-corrected chi connectivity index (χ1v) is 10.6. The molecule has 30 heavy (non-hydrogen) atoms. The number of aromatic nitrogens is 3. The molecule has 0 spiro atoms. The Bertz CT molecular complexity index is 984. The Hall–Kier alpha value is -2.93. The van der Waals surface area contributed by atoms with Crippen LogP contribution in [0.3, 0.4) is 0 Å². The van der Waals surface area contributed by atoms with E-state index in [1.54, 1.807) is 0 Å². The highest BCUT2D eigenvalue weighted by Crippen LogP contribution is 2.26. The maximum Gasteiger partial charge on any atom is 0.258 e. The molecule has 0 aliphatic heterocycles. The van der Waals surface area contributed by atoms with E-state index in [4.69, 9.17) is 4.74 Å². The summed E-state index contributed by atoms with van der Waals surface area (Å²) in [4.78, 5) is 14.0. The molecule has 4 rings (SSSR count). The Morgan fingerprint density at radius 3 is 2.60 bits per heavy atom. The fraction of sp³-hybridized carbons (Fsp3) is 0.435. The molecule has 1 saturated carbocycles. The zero-order valence-corrected chi connectivity index (χ0v) is 17.3. The topological polar surface area (TPSA) is 89.3 Å². The molecule has 2 aromatic carbocycles. The maximum absolute atomic E-state index is 12.5. The second-order valence-corrected chi connectivity index (χ2v) is 7.98. The molecule has 7 heteroatoms. The van der Waals surface area contributed by atoms with Gasteiger partial charge in [0.25, 0.3) is 5.91 Å². The third-order valence-corrected chi connectivity index (χ3v) is 5.74. The van der Waals surface area contributed by atoms with Gasteiger partial charge in [0, 0.05) is 12.6 Å². The minimum Gasteiger partial charge on any atom is -0.481 e. The van der Waals surface area contributed by atoms with Crippen LogP contribution in [-0.2, 0) is 11.2 Å². The van der Waals surface area contributed by atoms with Gasteiger partial charge >= 0.3 is 0 Å². The van der Waals surface area contributed by atoms with Crippen LogP contribution in [0.4, 0.5) is 0 Å². The van der Waals surface area contributed by atoms with E-state index in [1.165, 1.54) is 11.2 Å². The van der Waals surface area contributed by atoms with Crippen LogP contribution in [0.1, 0.15) is 38.2 Å². The Labute approximate surface area is 176 Å². The molecule has 158 valence electrons. The van der Waals surface area contributed by atoms with Crippen molar-refractivity contribution in [3.63, 3.8) is 0 Å². The van der Waals surface area contributed by atoms with Crippen LogP contribution in [0.15, 0.2) is 42.5 Å². The summed E-state index contributed by atoms with van der Waals surface area (Å²) in [6.07, 6.45) is 5.09. The lowest BCUT2D eigenvalue weighted by molar-refractivity contribution is -0.124. The monoisotopic (exact) mass is 408 g/mol. The minimum absolute atomic E-state index is 0.0517. The van der Waals surface area contributed by atoms with E-state index in [0.29, 0.717) is 23.8 Å². The standard InChI is InChI=1S/C23H28N4O3/c1-16-6-2-3-7-18(16)24-23(29)15-30-22-11-10-17(12-13-28)14-21(22)27-25-19-8-4-5-9-20(19)26-27/h4-5,8-11,14,16,18,28H,2-3,6-7,12-13,15H2,1H3,(H,24,29)/t16-,18+/m0/s1. The molecule has 3 aromatic rings. The summed E-state index contributed by atoms with van der Waals surface area (Å²) in [6, 6.07) is 13.4. The van der Waals surface area contributed by atoms with Gasteiger partial charge in [-0.1, -0.05) is 38.0 Å². The van der Waals surface area contributed by atoms with E-state index in [2.05, 4.69) is 22.4 Å². The Morgan fingerprint density at radius 1 is 1.17 bits per heavy atom. The van der Waals surface area contributed by atoms with Gasteiger partial charge in [-0.05, 0) is 55.0 Å². The smallest absolute Gasteiger partial charge is 0.258 e. The van der Waals surface area contributed by atoms with Crippen LogP contribution < -0.4 is 10.1 Å². The molecule has 1 amide bonds. The number of ether oxygens (including phenoxy) is 1. The lowest BCUT2D eigenvalue weighted by Gasteiger charge is -2.29. The number of carbonyl (C=O) groups excluding carboxylic acids is 1. The summed E-state index contributed by atoms with van der Waals surface area (Å²) in [7, 11) is 0. The summed E-state index contributed by atoms with van der Waals surface area (Å²) >= 11 is 0. The van der Waals surface area contributed by atoms with Crippen LogP contribution in [0.5, 0.6) is 5.75 Å². The third-order valence-electron chi connectivity index (χ3n) is 5.74. The van der Waals surface area contributed by atoms with E-state index >= 15 is 0 Å². The molecule has 0 unspecified atom stereocenters. The number of rotatable bonds is 7. The van der Waals surface area contributed by atoms with Crippen LogP contribution in [0.2, 0.25) is 0 Å². The Kier molecular flexibility index (Phi) is 6.28. The van der Waals surface area contributed by atoms with Crippen molar-refractivity contribution < 1.29 is 14.6 Å². The molecule has 1 aliphatic rings.